The van der Waals surface area contributed by atoms with Gasteiger partial charge in [0.15, 0.2) is 0 Å². The van der Waals surface area contributed by atoms with Gasteiger partial charge < -0.3 is 21.1 Å². The van der Waals surface area contributed by atoms with Crippen molar-refractivity contribution in [3.05, 3.63) is 10.4 Å². The fourth-order valence-electron chi connectivity index (χ4n) is 2.72. The molecule has 1 unspecified atom stereocenters. The lowest BCUT2D eigenvalue weighted by molar-refractivity contribution is 0.0607. The number of methoxy groups -OCH3 is 1. The van der Waals surface area contributed by atoms with Gasteiger partial charge in [0.2, 0.25) is 0 Å². The number of nitrogens with zero attached hydrogens (tertiary/aromatic N) is 1. The highest BCUT2D eigenvalue weighted by molar-refractivity contribution is 7.19. The van der Waals surface area contributed by atoms with Gasteiger partial charge in [-0.2, -0.15) is 0 Å². The SMILES string of the molecule is CCC1CCCN(c2sc(C(=O)OC)c(N)c2C(N)=O)C1. The van der Waals surface area contributed by atoms with Crippen LogP contribution < -0.4 is 16.4 Å². The number of ether oxygens (including phenoxy) is 1. The topological polar surface area (TPSA) is 98.7 Å². The zero-order valence-corrected chi connectivity index (χ0v) is 13.2. The Balaban J connectivity index is 2.42. The number of nitrogens with two attached hydrogens (primary N) is 2. The maximum Gasteiger partial charge on any atom is 0.350 e. The number of primary amides is 1. The van der Waals surface area contributed by atoms with E-state index in [0.29, 0.717) is 10.9 Å². The quantitative estimate of drug-likeness (QED) is 0.827. The molecule has 1 aromatic rings. The van der Waals surface area contributed by atoms with E-state index in [-0.39, 0.29) is 16.1 Å². The van der Waals surface area contributed by atoms with Gasteiger partial charge in [-0.1, -0.05) is 13.3 Å². The molecule has 0 radical (unpaired) electrons. The van der Waals surface area contributed by atoms with E-state index in [1.165, 1.54) is 24.9 Å². The van der Waals surface area contributed by atoms with Gasteiger partial charge in [0.25, 0.3) is 5.91 Å². The minimum Gasteiger partial charge on any atom is -0.465 e. The van der Waals surface area contributed by atoms with E-state index in [1.807, 2.05) is 0 Å². The standard InChI is InChI=1S/C14H21N3O3S/c1-3-8-5-4-6-17(7-8)13-9(12(16)18)10(15)11(21-13)14(19)20-2/h8H,3-7,15H2,1-2H3,(H2,16,18). The van der Waals surface area contributed by atoms with Crippen molar-refractivity contribution in [3.8, 4) is 0 Å². The molecular weight excluding hydrogens is 290 g/mol. The number of thiophene rings is 1. The molecule has 0 saturated carbocycles. The van der Waals surface area contributed by atoms with Crippen LogP contribution >= 0.6 is 11.3 Å². The van der Waals surface area contributed by atoms with Crippen LogP contribution in [0.3, 0.4) is 0 Å². The van der Waals surface area contributed by atoms with E-state index >= 15 is 0 Å². The molecule has 0 bridgehead atoms. The molecule has 0 aromatic carbocycles. The first-order valence-corrected chi connectivity index (χ1v) is 7.86. The lowest BCUT2D eigenvalue weighted by Crippen LogP contribution is -2.35. The smallest absolute Gasteiger partial charge is 0.350 e. The normalized spacial score (nSPS) is 18.6. The molecular formula is C14H21N3O3S. The Labute approximate surface area is 128 Å². The third-order valence-electron chi connectivity index (χ3n) is 3.93. The van der Waals surface area contributed by atoms with Crippen LogP contribution in [0.15, 0.2) is 0 Å². The zero-order chi connectivity index (χ0) is 15.6. The minimum absolute atomic E-state index is 0.132. The summed E-state index contributed by atoms with van der Waals surface area (Å²) in [4.78, 5) is 25.9. The molecule has 116 valence electrons. The van der Waals surface area contributed by atoms with Gasteiger partial charge in [-0.3, -0.25) is 4.79 Å². The first-order valence-electron chi connectivity index (χ1n) is 7.04. The number of hydrogen-bond acceptors (Lipinski definition) is 6. The Hall–Kier alpha value is -1.76. The highest BCUT2D eigenvalue weighted by Gasteiger charge is 2.29. The summed E-state index contributed by atoms with van der Waals surface area (Å²) < 4.78 is 4.72. The predicted molar refractivity (Wildman–Crippen MR) is 83.8 cm³/mol. The van der Waals surface area contributed by atoms with Gasteiger partial charge in [0.1, 0.15) is 9.88 Å². The summed E-state index contributed by atoms with van der Waals surface area (Å²) in [5, 5.41) is 0.693. The molecule has 1 aliphatic rings. The van der Waals surface area contributed by atoms with Gasteiger partial charge in [0, 0.05) is 13.1 Å². The number of anilines is 2. The maximum absolute atomic E-state index is 11.8. The van der Waals surface area contributed by atoms with Crippen LogP contribution in [0.4, 0.5) is 10.7 Å². The van der Waals surface area contributed by atoms with Crippen molar-refractivity contribution >= 4 is 33.9 Å². The number of carbonyl (C=O) groups excluding carboxylic acids is 2. The van der Waals surface area contributed by atoms with Crippen LogP contribution in [0.2, 0.25) is 0 Å². The summed E-state index contributed by atoms with van der Waals surface area (Å²) >= 11 is 1.19. The monoisotopic (exact) mass is 311 g/mol. The minimum atomic E-state index is -0.604. The van der Waals surface area contributed by atoms with Gasteiger partial charge in [-0.05, 0) is 18.8 Å². The summed E-state index contributed by atoms with van der Waals surface area (Å²) in [6.07, 6.45) is 3.33. The average Bonchev–Trinajstić information content (AvgIpc) is 2.84. The van der Waals surface area contributed by atoms with Gasteiger partial charge in [0.05, 0.1) is 18.4 Å². The third-order valence-corrected chi connectivity index (χ3v) is 5.17. The summed E-state index contributed by atoms with van der Waals surface area (Å²) in [7, 11) is 1.29. The van der Waals surface area contributed by atoms with Crippen molar-refractivity contribution in [2.24, 2.45) is 11.7 Å². The van der Waals surface area contributed by atoms with Crippen LogP contribution in [0.5, 0.6) is 0 Å². The number of piperidine rings is 1. The molecule has 1 fully saturated rings. The molecule has 2 rings (SSSR count). The number of carbonyl (C=O) groups is 2. The number of hydrogen-bond donors (Lipinski definition) is 2. The molecule has 6 nitrogen and oxygen atoms in total. The van der Waals surface area contributed by atoms with Crippen LogP contribution in [0.1, 0.15) is 46.2 Å². The third kappa shape index (κ3) is 2.97. The Morgan fingerprint density at radius 1 is 1.48 bits per heavy atom. The molecule has 0 spiro atoms. The molecule has 7 heteroatoms. The molecule has 1 saturated heterocycles. The second-order valence-corrected chi connectivity index (χ2v) is 6.24. The van der Waals surface area contributed by atoms with E-state index in [2.05, 4.69) is 11.8 Å². The predicted octanol–water partition coefficient (Wildman–Crippen LogP) is 1.84. The summed E-state index contributed by atoms with van der Waals surface area (Å²) in [5.74, 6) is -0.549. The Kier molecular flexibility index (Phi) is 4.72. The number of rotatable bonds is 4. The van der Waals surface area contributed by atoms with Crippen molar-refractivity contribution in [1.82, 2.24) is 0 Å². The van der Waals surface area contributed by atoms with Crippen LogP contribution in [-0.4, -0.2) is 32.1 Å². The lowest BCUT2D eigenvalue weighted by Gasteiger charge is -2.33. The van der Waals surface area contributed by atoms with E-state index in [1.54, 1.807) is 0 Å². The maximum atomic E-state index is 11.8. The zero-order valence-electron chi connectivity index (χ0n) is 12.3. The first-order chi connectivity index (χ1) is 9.99. The van der Waals surface area contributed by atoms with Gasteiger partial charge in [-0.15, -0.1) is 11.3 Å². The molecule has 0 aliphatic carbocycles. The summed E-state index contributed by atoms with van der Waals surface area (Å²) in [5.41, 5.74) is 11.8. The highest BCUT2D eigenvalue weighted by atomic mass is 32.1. The fraction of sp³-hybridized carbons (Fsp3) is 0.571. The van der Waals surface area contributed by atoms with E-state index in [0.717, 1.165) is 25.9 Å². The van der Waals surface area contributed by atoms with Crippen LogP contribution in [-0.2, 0) is 4.74 Å². The average molecular weight is 311 g/mol. The molecule has 1 aromatic heterocycles. The first kappa shape index (κ1) is 15.6. The second kappa shape index (κ2) is 6.34. The number of nitrogen functional groups attached to an aromatic ring is 1. The number of esters is 1. The fourth-order valence-corrected chi connectivity index (χ4v) is 3.90. The van der Waals surface area contributed by atoms with Crippen molar-refractivity contribution in [1.29, 1.82) is 0 Å². The van der Waals surface area contributed by atoms with Gasteiger partial charge >= 0.3 is 5.97 Å². The van der Waals surface area contributed by atoms with Gasteiger partial charge in [-0.25, -0.2) is 4.79 Å². The molecule has 1 aliphatic heterocycles. The molecule has 1 amide bonds. The lowest BCUT2D eigenvalue weighted by atomic mass is 9.95. The molecule has 4 N–H and O–H groups in total. The van der Waals surface area contributed by atoms with Crippen LogP contribution in [0.25, 0.3) is 0 Å². The Bertz CT molecular complexity index is 556. The van der Waals surface area contributed by atoms with Crippen molar-refractivity contribution in [3.63, 3.8) is 0 Å². The molecule has 21 heavy (non-hydrogen) atoms. The van der Waals surface area contributed by atoms with E-state index in [9.17, 15) is 9.59 Å². The van der Waals surface area contributed by atoms with E-state index < -0.39 is 11.9 Å². The summed E-state index contributed by atoms with van der Waals surface area (Å²) in [6.45, 7) is 3.86. The van der Waals surface area contributed by atoms with Crippen molar-refractivity contribution in [2.45, 2.75) is 26.2 Å². The van der Waals surface area contributed by atoms with Crippen LogP contribution in [0, 0.1) is 5.92 Å². The Morgan fingerprint density at radius 2 is 2.19 bits per heavy atom. The number of amides is 1. The van der Waals surface area contributed by atoms with Crippen molar-refractivity contribution < 1.29 is 14.3 Å². The molecule has 2 heterocycles. The largest absolute Gasteiger partial charge is 0.465 e. The molecule has 1 atom stereocenters. The second-order valence-electron chi connectivity index (χ2n) is 5.24. The Morgan fingerprint density at radius 3 is 2.76 bits per heavy atom. The highest BCUT2D eigenvalue weighted by Crippen LogP contribution is 2.40. The van der Waals surface area contributed by atoms with E-state index in [4.69, 9.17) is 16.2 Å². The summed E-state index contributed by atoms with van der Waals surface area (Å²) in [6, 6.07) is 0. The van der Waals surface area contributed by atoms with Crippen molar-refractivity contribution in [2.75, 3.05) is 30.8 Å².